The van der Waals surface area contributed by atoms with Gasteiger partial charge in [-0.2, -0.15) is 0 Å². The van der Waals surface area contributed by atoms with E-state index in [4.69, 9.17) is 0 Å². The lowest BCUT2D eigenvalue weighted by atomic mass is 9.88. The second-order valence-electron chi connectivity index (χ2n) is 7.24. The third-order valence-electron chi connectivity index (χ3n) is 5.40. The highest BCUT2D eigenvalue weighted by Crippen LogP contribution is 2.27. The van der Waals surface area contributed by atoms with E-state index in [1.807, 2.05) is 12.1 Å². The molecule has 1 fully saturated rings. The fourth-order valence-corrected chi connectivity index (χ4v) is 3.85. The highest BCUT2D eigenvalue weighted by atomic mass is 16.1. The maximum absolute atomic E-state index is 12.2. The highest BCUT2D eigenvalue weighted by molar-refractivity contribution is 5.75. The van der Waals surface area contributed by atoms with Gasteiger partial charge in [0.25, 0.3) is 0 Å². The highest BCUT2D eigenvalue weighted by Gasteiger charge is 2.16. The summed E-state index contributed by atoms with van der Waals surface area (Å²) < 4.78 is 0. The van der Waals surface area contributed by atoms with E-state index in [9.17, 15) is 4.79 Å². The maximum atomic E-state index is 12.2. The van der Waals surface area contributed by atoms with Crippen LogP contribution in [0, 0.1) is 5.92 Å². The normalized spacial score (nSPS) is 15.1. The zero-order chi connectivity index (χ0) is 18.0. The number of rotatable bonds is 8. The monoisotopic (exact) mass is 350 g/mol. The van der Waals surface area contributed by atoms with Gasteiger partial charge in [-0.25, -0.2) is 0 Å². The topological polar surface area (TPSA) is 41.1 Å². The van der Waals surface area contributed by atoms with E-state index in [1.54, 1.807) is 0 Å². The Morgan fingerprint density at radius 2 is 1.54 bits per heavy atom. The van der Waals surface area contributed by atoms with Crippen LogP contribution in [0.3, 0.4) is 0 Å². The average Bonchev–Trinajstić information content (AvgIpc) is 2.72. The van der Waals surface area contributed by atoms with E-state index in [1.165, 1.54) is 24.0 Å². The molecule has 3 heteroatoms. The van der Waals surface area contributed by atoms with Crippen LogP contribution in [0.5, 0.6) is 0 Å². The van der Waals surface area contributed by atoms with Gasteiger partial charge in [-0.3, -0.25) is 4.79 Å². The Hall–Kier alpha value is -2.13. The predicted octanol–water partition coefficient (Wildman–Crippen LogP) is 4.10. The SMILES string of the molecule is O=C(CCC1CCNCC1)NCCC(c1ccccc1)c1ccccc1. The van der Waals surface area contributed by atoms with Crippen LogP contribution in [0.2, 0.25) is 0 Å². The van der Waals surface area contributed by atoms with Crippen molar-refractivity contribution in [1.29, 1.82) is 0 Å². The largest absolute Gasteiger partial charge is 0.356 e. The quantitative estimate of drug-likeness (QED) is 0.752. The van der Waals surface area contributed by atoms with Gasteiger partial charge < -0.3 is 10.6 Å². The van der Waals surface area contributed by atoms with E-state index >= 15 is 0 Å². The molecule has 0 unspecified atom stereocenters. The number of nitrogens with one attached hydrogen (secondary N) is 2. The van der Waals surface area contributed by atoms with Crippen LogP contribution in [0.4, 0.5) is 0 Å². The first kappa shape index (κ1) is 18.7. The molecule has 0 bridgehead atoms. The van der Waals surface area contributed by atoms with E-state index in [0.717, 1.165) is 32.5 Å². The van der Waals surface area contributed by atoms with Crippen LogP contribution >= 0.6 is 0 Å². The van der Waals surface area contributed by atoms with Crippen LogP contribution in [0.25, 0.3) is 0 Å². The van der Waals surface area contributed by atoms with Gasteiger partial charge in [-0.1, -0.05) is 60.7 Å². The van der Waals surface area contributed by atoms with Crippen LogP contribution < -0.4 is 10.6 Å². The molecule has 1 heterocycles. The average molecular weight is 351 g/mol. The van der Waals surface area contributed by atoms with Crippen molar-refractivity contribution < 1.29 is 4.79 Å². The van der Waals surface area contributed by atoms with Crippen LogP contribution in [-0.2, 0) is 4.79 Å². The second-order valence-corrected chi connectivity index (χ2v) is 7.24. The van der Waals surface area contributed by atoms with E-state index in [2.05, 4.69) is 59.2 Å². The van der Waals surface area contributed by atoms with Gasteiger partial charge in [0.15, 0.2) is 0 Å². The number of amides is 1. The summed E-state index contributed by atoms with van der Waals surface area (Å²) in [4.78, 5) is 12.2. The minimum atomic E-state index is 0.198. The molecule has 138 valence electrons. The Balaban J connectivity index is 1.49. The molecular formula is C23H30N2O. The fourth-order valence-electron chi connectivity index (χ4n) is 3.85. The molecule has 1 aliphatic heterocycles. The molecule has 2 aromatic carbocycles. The number of piperidine rings is 1. The molecule has 0 spiro atoms. The van der Waals surface area contributed by atoms with Crippen molar-refractivity contribution in [2.45, 2.75) is 38.0 Å². The van der Waals surface area contributed by atoms with Gasteiger partial charge in [0.05, 0.1) is 0 Å². The number of benzene rings is 2. The van der Waals surface area contributed by atoms with Gasteiger partial charge in [0, 0.05) is 18.9 Å². The molecule has 0 aromatic heterocycles. The third kappa shape index (κ3) is 5.70. The smallest absolute Gasteiger partial charge is 0.220 e. The van der Waals surface area contributed by atoms with Crippen molar-refractivity contribution in [3.63, 3.8) is 0 Å². The Kier molecular flexibility index (Phi) is 7.26. The van der Waals surface area contributed by atoms with Gasteiger partial charge >= 0.3 is 0 Å². The van der Waals surface area contributed by atoms with Gasteiger partial charge in [-0.05, 0) is 55.8 Å². The van der Waals surface area contributed by atoms with Gasteiger partial charge in [-0.15, -0.1) is 0 Å². The predicted molar refractivity (Wildman–Crippen MR) is 107 cm³/mol. The zero-order valence-electron chi connectivity index (χ0n) is 15.5. The third-order valence-corrected chi connectivity index (χ3v) is 5.40. The summed E-state index contributed by atoms with van der Waals surface area (Å²) in [5, 5.41) is 6.52. The lowest BCUT2D eigenvalue weighted by molar-refractivity contribution is -0.121. The molecule has 1 saturated heterocycles. The van der Waals surface area contributed by atoms with E-state index < -0.39 is 0 Å². The summed E-state index contributed by atoms with van der Waals surface area (Å²) in [5.74, 6) is 1.23. The molecule has 2 N–H and O–H groups in total. The molecule has 1 amide bonds. The molecule has 2 aromatic rings. The Morgan fingerprint density at radius 3 is 2.12 bits per heavy atom. The number of hydrogen-bond donors (Lipinski definition) is 2. The summed E-state index contributed by atoms with van der Waals surface area (Å²) in [7, 11) is 0. The van der Waals surface area contributed by atoms with Crippen molar-refractivity contribution in [2.75, 3.05) is 19.6 Å². The molecule has 0 atom stereocenters. The molecule has 0 aliphatic carbocycles. The zero-order valence-corrected chi connectivity index (χ0v) is 15.5. The first-order valence-electron chi connectivity index (χ1n) is 9.90. The maximum Gasteiger partial charge on any atom is 0.220 e. The first-order valence-corrected chi connectivity index (χ1v) is 9.90. The molecule has 0 saturated carbocycles. The van der Waals surface area contributed by atoms with Crippen LogP contribution in [-0.4, -0.2) is 25.5 Å². The molecule has 26 heavy (non-hydrogen) atoms. The van der Waals surface area contributed by atoms with Gasteiger partial charge in [0.2, 0.25) is 5.91 Å². The molecule has 3 nitrogen and oxygen atoms in total. The minimum Gasteiger partial charge on any atom is -0.356 e. The molecule has 1 aliphatic rings. The second kappa shape index (κ2) is 10.1. The van der Waals surface area contributed by atoms with E-state index in [0.29, 0.717) is 18.3 Å². The number of hydrogen-bond acceptors (Lipinski definition) is 2. The van der Waals surface area contributed by atoms with Crippen LogP contribution in [0.1, 0.15) is 49.1 Å². The Morgan fingerprint density at radius 1 is 0.962 bits per heavy atom. The molecule has 3 rings (SSSR count). The number of carbonyl (C=O) groups excluding carboxylic acids is 1. The summed E-state index contributed by atoms with van der Waals surface area (Å²) in [6.45, 7) is 2.92. The standard InChI is InChI=1S/C23H30N2O/c26-23(12-11-19-13-16-24-17-14-19)25-18-15-22(20-7-3-1-4-8-20)21-9-5-2-6-10-21/h1-10,19,22,24H,11-18H2,(H,25,26). The molecular weight excluding hydrogens is 320 g/mol. The minimum absolute atomic E-state index is 0.198. The van der Waals surface area contributed by atoms with Crippen molar-refractivity contribution in [1.82, 2.24) is 10.6 Å². The van der Waals surface area contributed by atoms with Crippen LogP contribution in [0.15, 0.2) is 60.7 Å². The van der Waals surface area contributed by atoms with Crippen molar-refractivity contribution >= 4 is 5.91 Å². The van der Waals surface area contributed by atoms with Crippen molar-refractivity contribution in [2.24, 2.45) is 5.92 Å². The van der Waals surface area contributed by atoms with Crippen molar-refractivity contribution in [3.05, 3.63) is 71.8 Å². The van der Waals surface area contributed by atoms with E-state index in [-0.39, 0.29) is 5.91 Å². The Labute approximate surface area is 157 Å². The summed E-state index contributed by atoms with van der Waals surface area (Å²) >= 11 is 0. The summed E-state index contributed by atoms with van der Waals surface area (Å²) in [6.07, 6.45) is 5.02. The fraction of sp³-hybridized carbons (Fsp3) is 0.435. The lowest BCUT2D eigenvalue weighted by Crippen LogP contribution is -2.30. The number of carbonyl (C=O) groups is 1. The summed E-state index contributed by atoms with van der Waals surface area (Å²) in [5.41, 5.74) is 2.62. The summed E-state index contributed by atoms with van der Waals surface area (Å²) in [6, 6.07) is 21.2. The van der Waals surface area contributed by atoms with Crippen molar-refractivity contribution in [3.8, 4) is 0 Å². The first-order chi connectivity index (χ1) is 12.8. The Bertz CT molecular complexity index is 611. The van der Waals surface area contributed by atoms with Gasteiger partial charge in [0.1, 0.15) is 0 Å². The molecule has 0 radical (unpaired) electrons. The lowest BCUT2D eigenvalue weighted by Gasteiger charge is -2.22.